The molecule has 3 rings (SSSR count). The number of ether oxygens (including phenoxy) is 1. The van der Waals surface area contributed by atoms with Crippen LogP contribution in [0, 0.1) is 0 Å². The molecule has 1 amide bonds. The average molecular weight is 485 g/mol. The van der Waals surface area contributed by atoms with Crippen molar-refractivity contribution in [2.24, 2.45) is 0 Å². The van der Waals surface area contributed by atoms with Gasteiger partial charge >= 0.3 is 0 Å². The highest BCUT2D eigenvalue weighted by Gasteiger charge is 2.28. The van der Waals surface area contributed by atoms with Crippen LogP contribution >= 0.6 is 22.9 Å². The summed E-state index contributed by atoms with van der Waals surface area (Å²) < 4.78 is 34.1. The maximum absolute atomic E-state index is 13.4. The Morgan fingerprint density at radius 2 is 1.71 bits per heavy atom. The summed E-state index contributed by atoms with van der Waals surface area (Å²) in [6.45, 7) is 1.21. The lowest BCUT2D eigenvalue weighted by molar-refractivity contribution is -0.122. The molecular formula is C22H29ClN2O4S2. The SMILES string of the molecule is COCC(=O)N1CCCCCCCCN(S(=O)(=O)c2ccc(Cl)s2)Cc2ccccc21. The summed E-state index contributed by atoms with van der Waals surface area (Å²) in [6, 6.07) is 10.7. The number of benzene rings is 1. The van der Waals surface area contributed by atoms with Crippen molar-refractivity contribution in [1.82, 2.24) is 4.31 Å². The van der Waals surface area contributed by atoms with E-state index >= 15 is 0 Å². The van der Waals surface area contributed by atoms with Gasteiger partial charge in [0.1, 0.15) is 10.8 Å². The van der Waals surface area contributed by atoms with Crippen LogP contribution < -0.4 is 4.90 Å². The van der Waals surface area contributed by atoms with E-state index in [0.717, 1.165) is 61.1 Å². The summed E-state index contributed by atoms with van der Waals surface area (Å²) in [5.41, 5.74) is 1.55. The van der Waals surface area contributed by atoms with Gasteiger partial charge in [0, 0.05) is 32.4 Å². The van der Waals surface area contributed by atoms with Crippen molar-refractivity contribution in [2.45, 2.75) is 49.3 Å². The first-order valence-corrected chi connectivity index (χ1v) is 13.2. The number of carbonyl (C=O) groups is 1. The number of fused-ring (bicyclic) bond motifs is 1. The van der Waals surface area contributed by atoms with E-state index in [0.29, 0.717) is 17.4 Å². The smallest absolute Gasteiger partial charge is 0.252 e. The molecule has 0 N–H and O–H groups in total. The number of thiophene rings is 1. The molecule has 170 valence electrons. The number of rotatable bonds is 4. The van der Waals surface area contributed by atoms with Gasteiger partial charge < -0.3 is 9.64 Å². The number of hydrogen-bond acceptors (Lipinski definition) is 5. The summed E-state index contributed by atoms with van der Waals surface area (Å²) in [5, 5.41) is 0. The predicted octanol–water partition coefficient (Wildman–Crippen LogP) is 4.93. The van der Waals surface area contributed by atoms with Crippen LogP contribution in [0.2, 0.25) is 4.34 Å². The minimum absolute atomic E-state index is 0.00988. The minimum Gasteiger partial charge on any atom is -0.375 e. The van der Waals surface area contributed by atoms with Crippen LogP contribution in [0.25, 0.3) is 0 Å². The van der Waals surface area contributed by atoms with Gasteiger partial charge in [-0.1, -0.05) is 55.5 Å². The van der Waals surface area contributed by atoms with Gasteiger partial charge in [-0.15, -0.1) is 11.3 Å². The summed E-state index contributed by atoms with van der Waals surface area (Å²) in [4.78, 5) is 14.5. The van der Waals surface area contributed by atoms with Crippen LogP contribution in [0.4, 0.5) is 5.69 Å². The normalized spacial score (nSPS) is 17.3. The van der Waals surface area contributed by atoms with E-state index in [9.17, 15) is 13.2 Å². The van der Waals surface area contributed by atoms with Crippen molar-refractivity contribution < 1.29 is 17.9 Å². The van der Waals surface area contributed by atoms with E-state index in [1.807, 2.05) is 24.3 Å². The monoisotopic (exact) mass is 484 g/mol. The first-order chi connectivity index (χ1) is 14.9. The second-order valence-corrected chi connectivity index (χ2v) is 11.5. The van der Waals surface area contributed by atoms with Crippen molar-refractivity contribution in [2.75, 3.05) is 31.7 Å². The summed E-state index contributed by atoms with van der Waals surface area (Å²) >= 11 is 7.08. The molecule has 0 fully saturated rings. The highest BCUT2D eigenvalue weighted by atomic mass is 35.5. The molecule has 2 heterocycles. The van der Waals surface area contributed by atoms with E-state index in [4.69, 9.17) is 16.3 Å². The summed E-state index contributed by atoms with van der Waals surface area (Å²) in [5.74, 6) is -0.121. The number of para-hydroxylation sites is 1. The summed E-state index contributed by atoms with van der Waals surface area (Å²) in [6.07, 6.45) is 5.84. The molecular weight excluding hydrogens is 456 g/mol. The van der Waals surface area contributed by atoms with E-state index in [1.54, 1.807) is 17.0 Å². The molecule has 1 aliphatic heterocycles. The van der Waals surface area contributed by atoms with E-state index in [1.165, 1.54) is 11.4 Å². The number of carbonyl (C=O) groups excluding carboxylic acids is 1. The minimum atomic E-state index is -3.69. The fourth-order valence-corrected chi connectivity index (χ4v) is 6.89. The molecule has 2 aromatic rings. The molecule has 0 unspecified atom stereocenters. The topological polar surface area (TPSA) is 66.9 Å². The lowest BCUT2D eigenvalue weighted by Gasteiger charge is -2.27. The fraction of sp³-hybridized carbons (Fsp3) is 0.500. The van der Waals surface area contributed by atoms with Gasteiger partial charge in [-0.25, -0.2) is 8.42 Å². The van der Waals surface area contributed by atoms with Gasteiger partial charge in [0.25, 0.3) is 15.9 Å². The van der Waals surface area contributed by atoms with Crippen molar-refractivity contribution in [1.29, 1.82) is 0 Å². The van der Waals surface area contributed by atoms with Gasteiger partial charge in [-0.2, -0.15) is 4.31 Å². The molecule has 1 aromatic carbocycles. The van der Waals surface area contributed by atoms with Gasteiger partial charge in [0.05, 0.1) is 4.34 Å². The largest absolute Gasteiger partial charge is 0.375 e. The molecule has 31 heavy (non-hydrogen) atoms. The highest BCUT2D eigenvalue weighted by Crippen LogP contribution is 2.31. The predicted molar refractivity (Wildman–Crippen MR) is 125 cm³/mol. The molecule has 1 aromatic heterocycles. The molecule has 9 heteroatoms. The molecule has 6 nitrogen and oxygen atoms in total. The third-order valence-corrected chi connectivity index (χ3v) is 8.92. The number of hydrogen-bond donors (Lipinski definition) is 0. The standard InChI is InChI=1S/C22H29ClN2O4S2/c1-29-17-21(26)25-15-9-5-3-2-4-8-14-24(16-18-10-6-7-11-19(18)25)31(27,28)22-13-12-20(23)30-22/h6-7,10-13H,2-5,8-9,14-17H2,1H3. The van der Waals surface area contributed by atoms with Gasteiger partial charge in [0.2, 0.25) is 0 Å². The number of halogens is 1. The van der Waals surface area contributed by atoms with Crippen LogP contribution in [0.15, 0.2) is 40.6 Å². The second kappa shape index (κ2) is 11.4. The Hall–Kier alpha value is -1.45. The lowest BCUT2D eigenvalue weighted by Crippen LogP contribution is -2.37. The van der Waals surface area contributed by atoms with Crippen molar-refractivity contribution in [3.8, 4) is 0 Å². The molecule has 0 saturated carbocycles. The number of nitrogens with zero attached hydrogens (tertiary/aromatic N) is 2. The van der Waals surface area contributed by atoms with Crippen molar-refractivity contribution in [3.63, 3.8) is 0 Å². The third kappa shape index (κ3) is 6.29. The van der Waals surface area contributed by atoms with Gasteiger partial charge in [0.15, 0.2) is 0 Å². The molecule has 0 saturated heterocycles. The molecule has 0 atom stereocenters. The maximum atomic E-state index is 13.4. The molecule has 1 aliphatic rings. The van der Waals surface area contributed by atoms with Crippen LogP contribution in [0.5, 0.6) is 0 Å². The van der Waals surface area contributed by atoms with E-state index in [-0.39, 0.29) is 23.3 Å². The zero-order valence-electron chi connectivity index (χ0n) is 17.8. The lowest BCUT2D eigenvalue weighted by atomic mass is 10.1. The molecule has 0 spiro atoms. The number of sulfonamides is 1. The highest BCUT2D eigenvalue weighted by molar-refractivity contribution is 7.91. The van der Waals surface area contributed by atoms with E-state index in [2.05, 4.69) is 0 Å². The summed E-state index contributed by atoms with van der Waals surface area (Å²) in [7, 11) is -2.19. The maximum Gasteiger partial charge on any atom is 0.252 e. The molecule has 0 radical (unpaired) electrons. The van der Waals surface area contributed by atoms with Crippen LogP contribution in [0.1, 0.15) is 44.1 Å². The third-order valence-electron chi connectivity index (χ3n) is 5.38. The first kappa shape index (κ1) is 24.2. The Balaban J connectivity index is 1.99. The second-order valence-electron chi connectivity index (χ2n) is 7.63. The van der Waals surface area contributed by atoms with Crippen LogP contribution in [0.3, 0.4) is 0 Å². The number of anilines is 1. The Morgan fingerprint density at radius 3 is 2.39 bits per heavy atom. The van der Waals surface area contributed by atoms with E-state index < -0.39 is 10.0 Å². The number of amides is 1. The van der Waals surface area contributed by atoms with Crippen molar-refractivity contribution in [3.05, 3.63) is 46.3 Å². The van der Waals surface area contributed by atoms with Gasteiger partial charge in [-0.05, 0) is 36.6 Å². The van der Waals surface area contributed by atoms with Gasteiger partial charge in [-0.3, -0.25) is 4.79 Å². The zero-order valence-corrected chi connectivity index (χ0v) is 20.1. The Labute approximate surface area is 193 Å². The Kier molecular flexibility index (Phi) is 8.92. The molecule has 0 aliphatic carbocycles. The van der Waals surface area contributed by atoms with Crippen LogP contribution in [-0.4, -0.2) is 45.4 Å². The van der Waals surface area contributed by atoms with Crippen molar-refractivity contribution >= 4 is 44.6 Å². The fourth-order valence-electron chi connectivity index (χ4n) is 3.79. The Morgan fingerprint density at radius 1 is 1.03 bits per heavy atom. The quantitative estimate of drug-likeness (QED) is 0.617. The Bertz CT molecular complexity index is 977. The number of methoxy groups -OCH3 is 1. The molecule has 0 bridgehead atoms. The van der Waals surface area contributed by atoms with Crippen LogP contribution in [-0.2, 0) is 26.1 Å². The average Bonchev–Trinajstić information content (AvgIpc) is 3.19. The first-order valence-electron chi connectivity index (χ1n) is 10.6. The zero-order chi connectivity index (χ0) is 22.3.